The Morgan fingerprint density at radius 3 is 2.64 bits per heavy atom. The summed E-state index contributed by atoms with van der Waals surface area (Å²) in [7, 11) is 1.84. The summed E-state index contributed by atoms with van der Waals surface area (Å²) in [5, 5.41) is 16.2. The van der Waals surface area contributed by atoms with E-state index in [1.807, 2.05) is 14.0 Å². The van der Waals surface area contributed by atoms with Crippen LogP contribution in [0.1, 0.15) is 35.0 Å². The molecule has 3 rings (SSSR count). The van der Waals surface area contributed by atoms with Crippen molar-refractivity contribution in [1.82, 2.24) is 24.7 Å². The lowest BCUT2D eigenvalue weighted by atomic mass is 10.2. The molecule has 0 saturated carbocycles. The average molecular weight is 363 g/mol. The molecule has 3 heterocycles. The SMILES string of the molecule is CCC(Nc1nc(N)c2cnn(C)c2n1)c1nc(C)c(C)s1.O=CO. The molecule has 0 fully saturated rings. The first-order valence-electron chi connectivity index (χ1n) is 7.64. The first-order valence-corrected chi connectivity index (χ1v) is 8.46. The third kappa shape index (κ3) is 4.02. The summed E-state index contributed by atoms with van der Waals surface area (Å²) in [6.45, 7) is 5.97. The number of thiazole rings is 1. The monoisotopic (exact) mass is 363 g/mol. The molecule has 0 aromatic carbocycles. The van der Waals surface area contributed by atoms with E-state index in [2.05, 4.69) is 39.2 Å². The maximum atomic E-state index is 8.36. The molecule has 1 atom stereocenters. The Balaban J connectivity index is 0.000000701. The highest BCUT2D eigenvalue weighted by Gasteiger charge is 2.17. The predicted octanol–water partition coefficient (Wildman–Crippen LogP) is 2.28. The maximum absolute atomic E-state index is 8.36. The van der Waals surface area contributed by atoms with Gasteiger partial charge in [0.05, 0.1) is 23.3 Å². The zero-order valence-corrected chi connectivity index (χ0v) is 15.3. The van der Waals surface area contributed by atoms with Gasteiger partial charge in [0, 0.05) is 11.9 Å². The molecule has 0 aliphatic rings. The van der Waals surface area contributed by atoms with Crippen molar-refractivity contribution in [3.63, 3.8) is 0 Å². The van der Waals surface area contributed by atoms with Crippen LogP contribution < -0.4 is 11.1 Å². The molecule has 134 valence electrons. The topological polar surface area (TPSA) is 132 Å². The van der Waals surface area contributed by atoms with Crippen LogP contribution in [0.5, 0.6) is 0 Å². The Morgan fingerprint density at radius 1 is 1.40 bits per heavy atom. The van der Waals surface area contributed by atoms with Crippen LogP contribution in [0.3, 0.4) is 0 Å². The van der Waals surface area contributed by atoms with Crippen molar-refractivity contribution in [3.8, 4) is 0 Å². The highest BCUT2D eigenvalue weighted by molar-refractivity contribution is 7.11. The third-order valence-corrected chi connectivity index (χ3v) is 4.86. The highest BCUT2D eigenvalue weighted by Crippen LogP contribution is 2.28. The Kier molecular flexibility index (Phi) is 5.86. The number of nitrogens with two attached hydrogens (primary N) is 1. The third-order valence-electron chi connectivity index (χ3n) is 3.68. The van der Waals surface area contributed by atoms with E-state index in [9.17, 15) is 0 Å². The van der Waals surface area contributed by atoms with Crippen molar-refractivity contribution >= 4 is 40.6 Å². The minimum Gasteiger partial charge on any atom is -0.483 e. The highest BCUT2D eigenvalue weighted by atomic mass is 32.1. The van der Waals surface area contributed by atoms with Gasteiger partial charge in [0.1, 0.15) is 10.8 Å². The second-order valence-electron chi connectivity index (χ2n) is 5.34. The van der Waals surface area contributed by atoms with Crippen LogP contribution in [-0.2, 0) is 11.8 Å². The number of anilines is 2. The Morgan fingerprint density at radius 2 is 2.08 bits per heavy atom. The molecule has 0 spiro atoms. The van der Waals surface area contributed by atoms with E-state index in [0.717, 1.165) is 28.2 Å². The van der Waals surface area contributed by atoms with Crippen molar-refractivity contribution in [3.05, 3.63) is 21.8 Å². The van der Waals surface area contributed by atoms with E-state index >= 15 is 0 Å². The van der Waals surface area contributed by atoms with E-state index in [4.69, 9.17) is 15.6 Å². The lowest BCUT2D eigenvalue weighted by Gasteiger charge is -2.14. The maximum Gasteiger partial charge on any atom is 0.290 e. The first kappa shape index (κ1) is 18.6. The van der Waals surface area contributed by atoms with E-state index in [1.54, 1.807) is 22.2 Å². The molecule has 0 saturated heterocycles. The number of nitrogens with one attached hydrogen (secondary N) is 1. The molecule has 4 N–H and O–H groups in total. The second kappa shape index (κ2) is 7.88. The number of carboxylic acid groups (broad SMARTS) is 1. The molecule has 1 unspecified atom stereocenters. The van der Waals surface area contributed by atoms with E-state index in [-0.39, 0.29) is 12.5 Å². The first-order chi connectivity index (χ1) is 11.9. The smallest absolute Gasteiger partial charge is 0.290 e. The standard InChI is InChI=1S/C14H19N7S.CH2O2/c1-5-10(13-17-7(2)8(3)22-13)18-14-19-11(15)9-6-16-21(4)12(9)20-14;2-1-3/h6,10H,5H2,1-4H3,(H3,15,18,19,20);1H,(H,2,3). The number of fused-ring (bicyclic) bond motifs is 1. The summed E-state index contributed by atoms with van der Waals surface area (Å²) in [5.41, 5.74) is 7.79. The fourth-order valence-electron chi connectivity index (χ4n) is 2.25. The van der Waals surface area contributed by atoms with Gasteiger partial charge in [0.2, 0.25) is 5.95 Å². The van der Waals surface area contributed by atoms with Gasteiger partial charge in [-0.25, -0.2) is 4.98 Å². The van der Waals surface area contributed by atoms with Crippen LogP contribution in [0.25, 0.3) is 11.0 Å². The summed E-state index contributed by atoms with van der Waals surface area (Å²) in [5.74, 6) is 0.938. The van der Waals surface area contributed by atoms with Crippen LogP contribution in [0.4, 0.5) is 11.8 Å². The number of hydrogen-bond acceptors (Lipinski definition) is 8. The van der Waals surface area contributed by atoms with Gasteiger partial charge >= 0.3 is 0 Å². The van der Waals surface area contributed by atoms with Gasteiger partial charge in [-0.2, -0.15) is 15.1 Å². The fourth-order valence-corrected chi connectivity index (χ4v) is 3.31. The van der Waals surface area contributed by atoms with Crippen LogP contribution >= 0.6 is 11.3 Å². The molecule has 0 aliphatic carbocycles. The largest absolute Gasteiger partial charge is 0.483 e. The van der Waals surface area contributed by atoms with Gasteiger partial charge in [0.25, 0.3) is 6.47 Å². The molecule has 3 aromatic rings. The number of hydrogen-bond donors (Lipinski definition) is 3. The van der Waals surface area contributed by atoms with Crippen LogP contribution in [0.2, 0.25) is 0 Å². The van der Waals surface area contributed by atoms with Crippen LogP contribution in [0, 0.1) is 13.8 Å². The van der Waals surface area contributed by atoms with Gasteiger partial charge in [-0.05, 0) is 20.3 Å². The molecule has 25 heavy (non-hydrogen) atoms. The second-order valence-corrected chi connectivity index (χ2v) is 6.58. The zero-order chi connectivity index (χ0) is 18.6. The average Bonchev–Trinajstić information content (AvgIpc) is 3.10. The minimum absolute atomic E-state index is 0.0717. The molecule has 0 aliphatic heterocycles. The normalized spacial score (nSPS) is 11.7. The van der Waals surface area contributed by atoms with Gasteiger partial charge in [-0.15, -0.1) is 11.3 Å². The predicted molar refractivity (Wildman–Crippen MR) is 97.7 cm³/mol. The summed E-state index contributed by atoms with van der Waals surface area (Å²) in [4.78, 5) is 23.1. The molecule has 0 radical (unpaired) electrons. The van der Waals surface area contributed by atoms with Gasteiger partial charge in [-0.1, -0.05) is 6.92 Å². The number of carbonyl (C=O) groups is 1. The van der Waals surface area contributed by atoms with Crippen molar-refractivity contribution in [1.29, 1.82) is 0 Å². The summed E-state index contributed by atoms with van der Waals surface area (Å²) in [6, 6.07) is 0.0717. The lowest BCUT2D eigenvalue weighted by molar-refractivity contribution is -0.122. The lowest BCUT2D eigenvalue weighted by Crippen LogP contribution is -2.13. The Hall–Kier alpha value is -2.75. The number of aryl methyl sites for hydroxylation is 3. The number of aromatic nitrogens is 5. The molecule has 10 heteroatoms. The van der Waals surface area contributed by atoms with Crippen LogP contribution in [-0.4, -0.2) is 36.3 Å². The van der Waals surface area contributed by atoms with E-state index < -0.39 is 0 Å². The summed E-state index contributed by atoms with van der Waals surface area (Å²) in [6.07, 6.45) is 2.57. The fraction of sp³-hybridized carbons (Fsp3) is 0.400. The van der Waals surface area contributed by atoms with E-state index in [0.29, 0.717) is 11.8 Å². The van der Waals surface area contributed by atoms with Crippen LogP contribution in [0.15, 0.2) is 6.20 Å². The quantitative estimate of drug-likeness (QED) is 0.602. The van der Waals surface area contributed by atoms with Crippen molar-refractivity contribution < 1.29 is 9.90 Å². The Labute approximate surface area is 148 Å². The summed E-state index contributed by atoms with van der Waals surface area (Å²) >= 11 is 1.70. The molecule has 0 amide bonds. The molecule has 3 aromatic heterocycles. The van der Waals surface area contributed by atoms with E-state index in [1.165, 1.54) is 4.88 Å². The van der Waals surface area contributed by atoms with Crippen molar-refractivity contribution in [2.45, 2.75) is 33.2 Å². The minimum atomic E-state index is -0.250. The Bertz CT molecular complexity index is 855. The molecule has 9 nitrogen and oxygen atoms in total. The van der Waals surface area contributed by atoms with Crippen molar-refractivity contribution in [2.24, 2.45) is 7.05 Å². The number of rotatable bonds is 4. The zero-order valence-electron chi connectivity index (χ0n) is 14.5. The molecular formula is C15H21N7O2S. The van der Waals surface area contributed by atoms with Gasteiger partial charge in [0.15, 0.2) is 5.65 Å². The number of nitrogens with zero attached hydrogens (tertiary/aromatic N) is 5. The van der Waals surface area contributed by atoms with Gasteiger partial charge < -0.3 is 16.2 Å². The number of nitrogen functional groups attached to an aromatic ring is 1. The molecule has 0 bridgehead atoms. The van der Waals surface area contributed by atoms with Crippen molar-refractivity contribution in [2.75, 3.05) is 11.1 Å². The summed E-state index contributed by atoms with van der Waals surface area (Å²) < 4.78 is 1.69. The van der Waals surface area contributed by atoms with Gasteiger partial charge in [-0.3, -0.25) is 9.48 Å². The molecular weight excluding hydrogens is 342 g/mol.